The van der Waals surface area contributed by atoms with Gasteiger partial charge in [-0.05, 0) is 47.7 Å². The minimum atomic E-state index is -0.667. The van der Waals surface area contributed by atoms with Crippen LogP contribution >= 0.6 is 0 Å². The van der Waals surface area contributed by atoms with Gasteiger partial charge in [0.2, 0.25) is 0 Å². The Labute approximate surface area is 219 Å². The van der Waals surface area contributed by atoms with E-state index in [0.717, 1.165) is 24.2 Å². The smallest absolute Gasteiger partial charge is 0.295 e. The molecule has 0 aromatic heterocycles. The van der Waals surface area contributed by atoms with E-state index in [1.807, 2.05) is 31.2 Å². The number of ether oxygens (including phenoxy) is 2. The van der Waals surface area contributed by atoms with Crippen molar-refractivity contribution in [2.75, 3.05) is 46.0 Å². The lowest BCUT2D eigenvalue weighted by Crippen LogP contribution is -2.42. The van der Waals surface area contributed by atoms with Crippen LogP contribution in [0, 0.1) is 6.92 Å². The van der Waals surface area contributed by atoms with E-state index < -0.39 is 17.7 Å². The third-order valence-electron chi connectivity index (χ3n) is 7.02. The molecule has 7 nitrogen and oxygen atoms in total. The summed E-state index contributed by atoms with van der Waals surface area (Å²) in [6.07, 6.45) is 1.66. The summed E-state index contributed by atoms with van der Waals surface area (Å²) in [6.45, 7) is 14.1. The molecule has 0 aliphatic carbocycles. The van der Waals surface area contributed by atoms with Gasteiger partial charge in [-0.2, -0.15) is 0 Å². The normalized spacial score (nSPS) is 20.0. The average Bonchev–Trinajstić information content (AvgIpc) is 3.16. The van der Waals surface area contributed by atoms with E-state index in [9.17, 15) is 14.7 Å². The van der Waals surface area contributed by atoms with Gasteiger partial charge in [0.15, 0.2) is 0 Å². The first-order chi connectivity index (χ1) is 17.8. The highest BCUT2D eigenvalue weighted by molar-refractivity contribution is 6.46. The minimum Gasteiger partial charge on any atom is -0.507 e. The van der Waals surface area contributed by atoms with Gasteiger partial charge in [-0.3, -0.25) is 14.5 Å². The summed E-state index contributed by atoms with van der Waals surface area (Å²) in [5, 5.41) is 11.4. The van der Waals surface area contributed by atoms with Crippen LogP contribution in [0.15, 0.2) is 60.7 Å². The van der Waals surface area contributed by atoms with E-state index in [1.54, 1.807) is 29.2 Å². The second-order valence-electron chi connectivity index (χ2n) is 9.85. The number of amides is 1. The molecule has 196 valence electrons. The Morgan fingerprint density at radius 3 is 2.46 bits per heavy atom. The topological polar surface area (TPSA) is 79.3 Å². The van der Waals surface area contributed by atoms with E-state index in [-0.39, 0.29) is 11.3 Å². The lowest BCUT2D eigenvalue weighted by Gasteiger charge is -2.31. The fourth-order valence-corrected chi connectivity index (χ4v) is 4.86. The predicted molar refractivity (Wildman–Crippen MR) is 144 cm³/mol. The van der Waals surface area contributed by atoms with Gasteiger partial charge in [-0.25, -0.2) is 0 Å². The molecule has 0 saturated carbocycles. The average molecular weight is 505 g/mol. The van der Waals surface area contributed by atoms with Gasteiger partial charge in [0, 0.05) is 31.7 Å². The van der Waals surface area contributed by atoms with Crippen LogP contribution < -0.4 is 4.74 Å². The van der Waals surface area contributed by atoms with Crippen molar-refractivity contribution in [3.63, 3.8) is 0 Å². The monoisotopic (exact) mass is 504 g/mol. The Bertz CT molecular complexity index is 1180. The predicted octanol–water partition coefficient (Wildman–Crippen LogP) is 4.44. The Morgan fingerprint density at radius 2 is 1.84 bits per heavy atom. The van der Waals surface area contributed by atoms with Crippen molar-refractivity contribution < 1.29 is 24.2 Å². The fraction of sp³-hybridized carbons (Fsp3) is 0.400. The first-order valence-corrected chi connectivity index (χ1v) is 12.8. The van der Waals surface area contributed by atoms with E-state index in [0.29, 0.717) is 50.1 Å². The van der Waals surface area contributed by atoms with E-state index in [4.69, 9.17) is 9.47 Å². The second kappa shape index (κ2) is 11.8. The molecule has 2 aliphatic rings. The zero-order chi connectivity index (χ0) is 26.5. The number of aliphatic hydroxyl groups is 1. The molecule has 2 aromatic rings. The van der Waals surface area contributed by atoms with Crippen molar-refractivity contribution in [2.24, 2.45) is 0 Å². The number of carbonyl (C=O) groups excluding carboxylic acids is 2. The molecular formula is C30H36N2O5. The highest BCUT2D eigenvalue weighted by Crippen LogP contribution is 2.40. The number of likely N-dealkylation sites (tertiary alicyclic amines) is 1. The van der Waals surface area contributed by atoms with Gasteiger partial charge in [0.1, 0.15) is 18.1 Å². The van der Waals surface area contributed by atoms with Gasteiger partial charge in [-0.15, -0.1) is 0 Å². The van der Waals surface area contributed by atoms with Crippen molar-refractivity contribution >= 4 is 17.4 Å². The molecule has 4 rings (SSSR count). The summed E-state index contributed by atoms with van der Waals surface area (Å²) in [5.74, 6) is -0.407. The molecule has 2 fully saturated rings. The molecule has 1 N–H and O–H groups in total. The Morgan fingerprint density at radius 1 is 1.14 bits per heavy atom. The number of rotatable bonds is 9. The molecule has 1 amide bonds. The molecule has 0 spiro atoms. The van der Waals surface area contributed by atoms with Crippen molar-refractivity contribution in [3.8, 4) is 5.75 Å². The van der Waals surface area contributed by atoms with Crippen molar-refractivity contribution in [2.45, 2.75) is 32.7 Å². The number of Topliss-reactive ketones (excluding diaryl/α,β-unsaturated/α-hetero) is 1. The molecule has 1 atom stereocenters. The zero-order valence-electron chi connectivity index (χ0n) is 21.9. The first kappa shape index (κ1) is 26.6. The Hall–Kier alpha value is -3.42. The minimum absolute atomic E-state index is 0.114. The fourth-order valence-electron chi connectivity index (χ4n) is 4.86. The maximum Gasteiger partial charge on any atom is 0.295 e. The standard InChI is InChI=1S/C30H36N2O5/c1-5-16-37-25-11-10-24(19-21(25)4)28(33)26-27(23-8-6-22(7-9-23)20(2)3)32(30(35)29(26)34)13-12-31-14-17-36-18-15-31/h5-11,19-20,27,33H,1,12-18H2,2-4H3/t27-/m1/s1. The maximum atomic E-state index is 13.4. The van der Waals surface area contributed by atoms with Crippen LogP contribution in [0.2, 0.25) is 0 Å². The molecule has 0 radical (unpaired) electrons. The Balaban J connectivity index is 1.73. The van der Waals surface area contributed by atoms with Gasteiger partial charge < -0.3 is 19.5 Å². The quantitative estimate of drug-likeness (QED) is 0.236. The summed E-state index contributed by atoms with van der Waals surface area (Å²) < 4.78 is 11.1. The van der Waals surface area contributed by atoms with Gasteiger partial charge in [0.25, 0.3) is 11.7 Å². The van der Waals surface area contributed by atoms with Crippen molar-refractivity contribution in [1.82, 2.24) is 9.80 Å². The van der Waals surface area contributed by atoms with Crippen molar-refractivity contribution in [1.29, 1.82) is 0 Å². The molecule has 2 aliphatic heterocycles. The lowest BCUT2D eigenvalue weighted by atomic mass is 9.93. The number of hydrogen-bond acceptors (Lipinski definition) is 6. The van der Waals surface area contributed by atoms with Crippen molar-refractivity contribution in [3.05, 3.63) is 82.9 Å². The summed E-state index contributed by atoms with van der Waals surface area (Å²) in [5.41, 5.74) is 3.36. The van der Waals surface area contributed by atoms with Crippen LogP contribution in [0.25, 0.3) is 5.76 Å². The summed E-state index contributed by atoms with van der Waals surface area (Å²) in [4.78, 5) is 30.5. The zero-order valence-corrected chi connectivity index (χ0v) is 21.9. The SMILES string of the molecule is C=CCOc1ccc(C(O)=C2C(=O)C(=O)N(CCN3CCOCC3)[C@@H]2c2ccc(C(C)C)cc2)cc1C. The van der Waals surface area contributed by atoms with Crippen LogP contribution in [0.4, 0.5) is 0 Å². The lowest BCUT2D eigenvalue weighted by molar-refractivity contribution is -0.140. The number of hydrogen-bond donors (Lipinski definition) is 1. The molecule has 2 saturated heterocycles. The van der Waals surface area contributed by atoms with Gasteiger partial charge in [-0.1, -0.05) is 50.8 Å². The highest BCUT2D eigenvalue weighted by Gasteiger charge is 2.46. The summed E-state index contributed by atoms with van der Waals surface area (Å²) in [7, 11) is 0. The molecule has 0 bridgehead atoms. The number of benzene rings is 2. The van der Waals surface area contributed by atoms with Gasteiger partial charge in [0.05, 0.1) is 24.8 Å². The van der Waals surface area contributed by atoms with E-state index in [2.05, 4.69) is 25.3 Å². The number of carbonyl (C=O) groups is 2. The molecule has 2 aromatic carbocycles. The van der Waals surface area contributed by atoms with E-state index in [1.165, 1.54) is 5.56 Å². The van der Waals surface area contributed by atoms with Gasteiger partial charge >= 0.3 is 0 Å². The van der Waals surface area contributed by atoms with Crippen LogP contribution in [-0.2, 0) is 14.3 Å². The largest absolute Gasteiger partial charge is 0.507 e. The third kappa shape index (κ3) is 5.78. The molecule has 0 unspecified atom stereocenters. The van der Waals surface area contributed by atoms with Crippen LogP contribution in [-0.4, -0.2) is 72.6 Å². The summed E-state index contributed by atoms with van der Waals surface area (Å²) in [6, 6.07) is 12.5. The second-order valence-corrected chi connectivity index (χ2v) is 9.85. The summed E-state index contributed by atoms with van der Waals surface area (Å²) >= 11 is 0. The highest BCUT2D eigenvalue weighted by atomic mass is 16.5. The van der Waals surface area contributed by atoms with E-state index >= 15 is 0 Å². The number of aliphatic hydroxyl groups excluding tert-OH is 1. The first-order valence-electron chi connectivity index (χ1n) is 12.8. The van der Waals surface area contributed by atoms with Crippen LogP contribution in [0.5, 0.6) is 5.75 Å². The molecule has 7 heteroatoms. The molecule has 2 heterocycles. The molecular weight excluding hydrogens is 468 g/mol. The van der Waals surface area contributed by atoms with Crippen LogP contribution in [0.3, 0.4) is 0 Å². The molecule has 37 heavy (non-hydrogen) atoms. The number of nitrogens with zero attached hydrogens (tertiary/aromatic N) is 2. The number of morpholine rings is 1. The Kier molecular flexibility index (Phi) is 8.46. The maximum absolute atomic E-state index is 13.4. The number of aryl methyl sites for hydroxylation is 1. The van der Waals surface area contributed by atoms with Crippen LogP contribution in [0.1, 0.15) is 48.1 Å². The number of ketones is 1. The third-order valence-corrected chi connectivity index (χ3v) is 7.02.